The van der Waals surface area contributed by atoms with Crippen LogP contribution < -0.4 is 20.7 Å². The third-order valence-electron chi connectivity index (χ3n) is 6.45. The van der Waals surface area contributed by atoms with Crippen molar-refractivity contribution in [3.05, 3.63) is 47.6 Å². The molecule has 0 saturated heterocycles. The topological polar surface area (TPSA) is 96.5 Å². The van der Waals surface area contributed by atoms with Gasteiger partial charge in [0.1, 0.15) is 17.6 Å². The number of fused-ring (bicyclic) bond motifs is 1. The number of benzene rings is 1. The van der Waals surface area contributed by atoms with Crippen molar-refractivity contribution in [2.24, 2.45) is 0 Å². The molecule has 1 fully saturated rings. The summed E-state index contributed by atoms with van der Waals surface area (Å²) < 4.78 is 6.16. The fourth-order valence-electron chi connectivity index (χ4n) is 4.66. The summed E-state index contributed by atoms with van der Waals surface area (Å²) in [5, 5.41) is 9.23. The van der Waals surface area contributed by atoms with Crippen molar-refractivity contribution in [1.82, 2.24) is 16.0 Å². The molecule has 2 atom stereocenters. The van der Waals surface area contributed by atoms with Crippen molar-refractivity contribution in [1.29, 1.82) is 0 Å². The number of carbonyl (C=O) groups is 3. The van der Waals surface area contributed by atoms with Crippen LogP contribution in [0, 0.1) is 0 Å². The first kappa shape index (κ1) is 22.3. The summed E-state index contributed by atoms with van der Waals surface area (Å²) >= 11 is 0. The predicted octanol–water partition coefficient (Wildman–Crippen LogP) is 2.01. The Morgan fingerprint density at radius 2 is 1.62 bits per heavy atom. The quantitative estimate of drug-likeness (QED) is 0.577. The molecule has 4 rings (SSSR count). The van der Waals surface area contributed by atoms with Gasteiger partial charge in [-0.25, -0.2) is 0 Å². The van der Waals surface area contributed by atoms with E-state index in [1.165, 1.54) is 0 Å². The highest BCUT2D eigenvalue weighted by Crippen LogP contribution is 2.51. The fourth-order valence-corrected chi connectivity index (χ4v) is 4.66. The van der Waals surface area contributed by atoms with E-state index in [9.17, 15) is 14.4 Å². The first-order valence-electron chi connectivity index (χ1n) is 11.5. The van der Waals surface area contributed by atoms with E-state index < -0.39 is 5.41 Å². The van der Waals surface area contributed by atoms with Gasteiger partial charge in [0.2, 0.25) is 11.8 Å². The van der Waals surface area contributed by atoms with Gasteiger partial charge in [-0.05, 0) is 68.6 Å². The summed E-state index contributed by atoms with van der Waals surface area (Å²) in [7, 11) is 0. The molecule has 170 valence electrons. The Labute approximate surface area is 188 Å². The summed E-state index contributed by atoms with van der Waals surface area (Å²) in [6, 6.07) is 5.81. The molecule has 32 heavy (non-hydrogen) atoms. The molecule has 2 heterocycles. The Bertz CT molecular complexity index is 939. The number of amides is 2. The Hall–Kier alpha value is -2.93. The number of carbonyl (C=O) groups excluding carboxylic acids is 3. The molecular formula is C25H31N3O4. The van der Waals surface area contributed by atoms with Gasteiger partial charge in [-0.15, -0.1) is 0 Å². The molecular weight excluding hydrogens is 406 g/mol. The molecule has 1 aliphatic carbocycles. The largest absolute Gasteiger partial charge is 0.488 e. The second-order valence-electron chi connectivity index (χ2n) is 8.70. The van der Waals surface area contributed by atoms with Gasteiger partial charge in [0.15, 0.2) is 0 Å². The molecule has 0 aromatic heterocycles. The second kappa shape index (κ2) is 10.1. The van der Waals surface area contributed by atoms with Crippen molar-refractivity contribution >= 4 is 23.7 Å². The minimum Gasteiger partial charge on any atom is -0.488 e. The van der Waals surface area contributed by atoms with Crippen LogP contribution in [0.15, 0.2) is 36.4 Å². The minimum atomic E-state index is -0.516. The molecule has 2 aliphatic heterocycles. The van der Waals surface area contributed by atoms with E-state index in [2.05, 4.69) is 16.0 Å². The first-order chi connectivity index (χ1) is 15.6. The molecule has 7 nitrogen and oxygen atoms in total. The zero-order chi connectivity index (χ0) is 22.4. The van der Waals surface area contributed by atoms with Crippen LogP contribution in [0.2, 0.25) is 0 Å². The number of hydrogen-bond donors (Lipinski definition) is 3. The molecule has 0 unspecified atom stereocenters. The van der Waals surface area contributed by atoms with E-state index >= 15 is 0 Å². The molecule has 7 heteroatoms. The number of Topliss-reactive ketones (excluding diaryl/α,β-unsaturated/α-hetero) is 1. The van der Waals surface area contributed by atoms with Crippen LogP contribution >= 0.6 is 0 Å². The number of rotatable bonds is 0. The molecule has 1 aromatic rings. The maximum absolute atomic E-state index is 12.5. The van der Waals surface area contributed by atoms with Crippen LogP contribution in [0.25, 0.3) is 6.08 Å². The van der Waals surface area contributed by atoms with E-state index in [1.807, 2.05) is 24.3 Å². The number of ether oxygens (including phenoxy) is 1. The van der Waals surface area contributed by atoms with Gasteiger partial charge in [0.05, 0.1) is 5.41 Å². The summed E-state index contributed by atoms with van der Waals surface area (Å²) in [5.41, 5.74) is 1.34. The number of hydrogen-bond acceptors (Lipinski definition) is 5. The standard InChI is InChI=1S/C25H31N3O4/c29-19-8-10-25-11-9-24(31)27-14-2-1-12-26-13-3-15-28-23(30)7-5-18-4-6-21(20(25)16-18)32-22(25)17-19/h4-7,9,11,16,22,26H,1-3,8,10,12-15,17H2,(H,27,31)(H,28,30)/b7-5-,11-9-/t22-,25+/m0/s1. The summed E-state index contributed by atoms with van der Waals surface area (Å²) in [6.07, 6.45) is 10.7. The highest BCUT2D eigenvalue weighted by Gasteiger charge is 2.50. The molecule has 2 bridgehead atoms. The second-order valence-corrected chi connectivity index (χ2v) is 8.70. The minimum absolute atomic E-state index is 0.122. The smallest absolute Gasteiger partial charge is 0.243 e. The normalized spacial score (nSPS) is 29.1. The molecule has 1 saturated carbocycles. The van der Waals surface area contributed by atoms with E-state index in [-0.39, 0.29) is 23.7 Å². The van der Waals surface area contributed by atoms with E-state index in [0.29, 0.717) is 32.4 Å². The van der Waals surface area contributed by atoms with Crippen LogP contribution in [0.3, 0.4) is 0 Å². The summed E-state index contributed by atoms with van der Waals surface area (Å²) in [4.78, 5) is 36.8. The first-order valence-corrected chi connectivity index (χ1v) is 11.5. The maximum atomic E-state index is 12.5. The highest BCUT2D eigenvalue weighted by molar-refractivity contribution is 5.92. The van der Waals surface area contributed by atoms with Gasteiger partial charge >= 0.3 is 0 Å². The average molecular weight is 438 g/mol. The average Bonchev–Trinajstić information content (AvgIpc) is 3.10. The lowest BCUT2D eigenvalue weighted by Crippen LogP contribution is -2.42. The molecule has 3 N–H and O–H groups in total. The van der Waals surface area contributed by atoms with Crippen molar-refractivity contribution < 1.29 is 19.1 Å². The Balaban J connectivity index is 1.62. The zero-order valence-electron chi connectivity index (χ0n) is 18.3. The third-order valence-corrected chi connectivity index (χ3v) is 6.45. The van der Waals surface area contributed by atoms with Crippen molar-refractivity contribution in [3.8, 4) is 5.75 Å². The Kier molecular flexibility index (Phi) is 7.05. The molecule has 2 amide bonds. The van der Waals surface area contributed by atoms with Crippen molar-refractivity contribution in [2.45, 2.75) is 50.0 Å². The number of ketones is 1. The van der Waals surface area contributed by atoms with Gasteiger partial charge in [-0.3, -0.25) is 14.4 Å². The van der Waals surface area contributed by atoms with Gasteiger partial charge < -0.3 is 20.7 Å². The van der Waals surface area contributed by atoms with Crippen LogP contribution in [-0.4, -0.2) is 49.9 Å². The zero-order valence-corrected chi connectivity index (χ0v) is 18.3. The van der Waals surface area contributed by atoms with Crippen LogP contribution in [0.4, 0.5) is 0 Å². The highest BCUT2D eigenvalue weighted by atomic mass is 16.5. The molecule has 3 aliphatic rings. The summed E-state index contributed by atoms with van der Waals surface area (Å²) in [6.45, 7) is 2.97. The lowest BCUT2D eigenvalue weighted by atomic mass is 9.68. The van der Waals surface area contributed by atoms with Crippen molar-refractivity contribution in [3.63, 3.8) is 0 Å². The Morgan fingerprint density at radius 1 is 0.875 bits per heavy atom. The lowest BCUT2D eigenvalue weighted by molar-refractivity contribution is -0.123. The number of nitrogens with one attached hydrogen (secondary N) is 3. The SMILES string of the molecule is O=C1CC[C@@]23/C=C\C(=O)NCCCCNCCCNC(=O)/C=C\c4ccc(c2c4)O[C@H]3C1. The molecule has 0 radical (unpaired) electrons. The van der Waals surface area contributed by atoms with Crippen LogP contribution in [0.5, 0.6) is 5.75 Å². The molecule has 1 aromatic carbocycles. The van der Waals surface area contributed by atoms with Crippen molar-refractivity contribution in [2.75, 3.05) is 26.2 Å². The van der Waals surface area contributed by atoms with Crippen LogP contribution in [-0.2, 0) is 19.8 Å². The Morgan fingerprint density at radius 3 is 2.50 bits per heavy atom. The molecule has 1 spiro atoms. The predicted molar refractivity (Wildman–Crippen MR) is 122 cm³/mol. The third kappa shape index (κ3) is 5.10. The van der Waals surface area contributed by atoms with Gasteiger partial charge in [0, 0.05) is 37.6 Å². The maximum Gasteiger partial charge on any atom is 0.243 e. The van der Waals surface area contributed by atoms with Gasteiger partial charge in [-0.2, -0.15) is 0 Å². The van der Waals surface area contributed by atoms with E-state index in [4.69, 9.17) is 4.74 Å². The monoisotopic (exact) mass is 437 g/mol. The fraction of sp³-hybridized carbons (Fsp3) is 0.480. The van der Waals surface area contributed by atoms with Gasteiger partial charge in [-0.1, -0.05) is 12.1 Å². The summed E-state index contributed by atoms with van der Waals surface area (Å²) in [5.74, 6) is 0.677. The van der Waals surface area contributed by atoms with E-state index in [1.54, 1.807) is 18.2 Å². The van der Waals surface area contributed by atoms with E-state index in [0.717, 1.165) is 49.2 Å². The van der Waals surface area contributed by atoms with Crippen LogP contribution in [0.1, 0.15) is 49.7 Å². The van der Waals surface area contributed by atoms with Gasteiger partial charge in [0.25, 0.3) is 0 Å². The lowest BCUT2D eigenvalue weighted by Gasteiger charge is -2.35.